The first-order valence-corrected chi connectivity index (χ1v) is 14.0. The van der Waals surface area contributed by atoms with Gasteiger partial charge in [0.25, 0.3) is 0 Å². The van der Waals surface area contributed by atoms with Crippen molar-refractivity contribution in [2.24, 2.45) is 11.8 Å². The van der Waals surface area contributed by atoms with Gasteiger partial charge in [0.2, 0.25) is 5.95 Å². The molecule has 0 amide bonds. The Kier molecular flexibility index (Phi) is 12.8. The molecule has 2 aliphatic heterocycles. The number of anilines is 1. The lowest BCUT2D eigenvalue weighted by atomic mass is 10.0. The van der Waals surface area contributed by atoms with Gasteiger partial charge in [-0.2, -0.15) is 0 Å². The predicted octanol–water partition coefficient (Wildman–Crippen LogP) is 4.07. The summed E-state index contributed by atoms with van der Waals surface area (Å²) < 4.78 is 42.8. The molecule has 210 valence electrons. The highest BCUT2D eigenvalue weighted by Gasteiger charge is 2.36. The zero-order valence-electron chi connectivity index (χ0n) is 21.0. The molecule has 3 atom stereocenters. The van der Waals surface area contributed by atoms with Crippen LogP contribution < -0.4 is 10.2 Å². The summed E-state index contributed by atoms with van der Waals surface area (Å²) >= 11 is -1.61. The number of rotatable bonds is 4. The maximum atomic E-state index is 13.1. The molecule has 1 aromatic heterocycles. The molecule has 3 heterocycles. The predicted molar refractivity (Wildman–Crippen MR) is 146 cm³/mol. The number of phenols is 1. The Morgan fingerprint density at radius 3 is 2.08 bits per heavy atom. The number of nitrogens with zero attached hydrogens (tertiary/aromatic N) is 4. The van der Waals surface area contributed by atoms with Crippen LogP contribution in [0.1, 0.15) is 46.2 Å². The van der Waals surface area contributed by atoms with Crippen molar-refractivity contribution in [2.75, 3.05) is 50.4 Å². The fraction of sp³-hybridized carbons (Fsp3) is 0.615. The lowest BCUT2D eigenvalue weighted by Gasteiger charge is -2.27. The molecule has 1 aromatic carbocycles. The number of piperazine rings is 1. The minimum atomic E-state index is -1.61. The number of aromatic hydroxyl groups is 1. The van der Waals surface area contributed by atoms with Gasteiger partial charge in [-0.3, -0.25) is 4.90 Å². The van der Waals surface area contributed by atoms with E-state index in [0.29, 0.717) is 12.1 Å². The Hall–Kier alpha value is -2.21. The average molecular weight is 544 g/mol. The number of nitrogens with one attached hydrogen (secondary N) is 1. The number of aryl methyl sites for hydroxylation is 1. The normalized spacial score (nSPS) is 21.6. The second-order valence-electron chi connectivity index (χ2n) is 9.46. The number of hydrogen-bond acceptors (Lipinski definition) is 7. The molecule has 3 fully saturated rings. The van der Waals surface area contributed by atoms with Crippen molar-refractivity contribution in [3.8, 4) is 5.75 Å². The number of halogens is 2. The second kappa shape index (κ2) is 15.3. The van der Waals surface area contributed by atoms with Gasteiger partial charge in [-0.05, 0) is 54.4 Å². The third kappa shape index (κ3) is 9.55. The first kappa shape index (κ1) is 31.0. The van der Waals surface area contributed by atoms with E-state index in [1.807, 2.05) is 12.4 Å². The van der Waals surface area contributed by atoms with Crippen LogP contribution in [0.15, 0.2) is 24.5 Å². The average Bonchev–Trinajstić information content (AvgIpc) is 3.46. The van der Waals surface area contributed by atoms with Crippen LogP contribution in [-0.4, -0.2) is 74.3 Å². The van der Waals surface area contributed by atoms with Crippen molar-refractivity contribution in [2.45, 2.75) is 46.6 Å². The SMILES string of the molecule is C.CCc1cnc(N2CC3CCC[C@H]3C2)nc1.CS(=O)O.Oc1c(F)cc(CN2CCNCC2)cc1F.[HH]. The molecule has 5 rings (SSSR count). The molecule has 2 unspecified atom stereocenters. The molecule has 1 aliphatic carbocycles. The van der Waals surface area contributed by atoms with Crippen molar-refractivity contribution >= 4 is 17.0 Å². The first-order valence-electron chi connectivity index (χ1n) is 12.4. The van der Waals surface area contributed by atoms with Gasteiger partial charge in [0.05, 0.1) is 0 Å². The summed E-state index contributed by atoms with van der Waals surface area (Å²) in [7, 11) is 0. The van der Waals surface area contributed by atoms with E-state index >= 15 is 0 Å². The van der Waals surface area contributed by atoms with Crippen LogP contribution in [0.5, 0.6) is 5.75 Å². The highest BCUT2D eigenvalue weighted by atomic mass is 32.2. The fourth-order valence-corrected chi connectivity index (χ4v) is 4.93. The molecule has 2 aromatic rings. The number of phenolic OH excluding ortho intramolecular Hbond substituents is 1. The highest BCUT2D eigenvalue weighted by Crippen LogP contribution is 2.38. The molecule has 2 saturated heterocycles. The summed E-state index contributed by atoms with van der Waals surface area (Å²) in [5, 5.41) is 12.2. The van der Waals surface area contributed by atoms with Crippen molar-refractivity contribution in [1.82, 2.24) is 20.2 Å². The van der Waals surface area contributed by atoms with Crippen LogP contribution in [-0.2, 0) is 24.0 Å². The van der Waals surface area contributed by atoms with Gasteiger partial charge in [0, 0.05) is 65.9 Å². The van der Waals surface area contributed by atoms with Gasteiger partial charge in [-0.25, -0.2) is 23.0 Å². The van der Waals surface area contributed by atoms with Crippen LogP contribution in [0.25, 0.3) is 0 Å². The van der Waals surface area contributed by atoms with Crippen molar-refractivity contribution in [3.05, 3.63) is 47.3 Å². The van der Waals surface area contributed by atoms with E-state index in [1.165, 1.54) is 56.3 Å². The first-order chi connectivity index (χ1) is 17.3. The van der Waals surface area contributed by atoms with E-state index in [0.717, 1.165) is 50.4 Å². The van der Waals surface area contributed by atoms with E-state index in [-0.39, 0.29) is 8.85 Å². The van der Waals surface area contributed by atoms with Gasteiger partial charge in [-0.15, -0.1) is 0 Å². The molecule has 3 aliphatic rings. The maximum Gasteiger partial charge on any atom is 0.225 e. The summed E-state index contributed by atoms with van der Waals surface area (Å²) in [6, 6.07) is 2.36. The number of aromatic nitrogens is 2. The Labute approximate surface area is 223 Å². The number of hydrogen-bond donors (Lipinski definition) is 3. The smallest absolute Gasteiger partial charge is 0.225 e. The summed E-state index contributed by atoms with van der Waals surface area (Å²) in [4.78, 5) is 13.4. The molecular formula is C26H43F2N5O3S. The van der Waals surface area contributed by atoms with Crippen molar-refractivity contribution in [1.29, 1.82) is 0 Å². The standard InChI is InChI=1S/C13H19N3.C11H14F2N2O.CH4O2S.CH4.H2/c1-2-10-6-14-13(15-7-10)16-8-11-4-3-5-12(11)9-16;12-9-5-8(6-10(13)11(9)16)7-15-3-1-14-2-4-15;1-4(2)3;;/h6-7,11-12H,2-5,8-9H2,1H3;5-6,14,16H,1-4,7H2;1H3,(H,2,3);1H4;1H/t11-,12?;;;;/m0..../s1. The van der Waals surface area contributed by atoms with E-state index in [9.17, 15) is 8.78 Å². The van der Waals surface area contributed by atoms with E-state index in [1.54, 1.807) is 0 Å². The van der Waals surface area contributed by atoms with Crippen LogP contribution in [0.3, 0.4) is 0 Å². The molecule has 11 heteroatoms. The zero-order chi connectivity index (χ0) is 26.1. The molecule has 1 saturated carbocycles. The monoisotopic (exact) mass is 543 g/mol. The van der Waals surface area contributed by atoms with Crippen LogP contribution >= 0.6 is 0 Å². The van der Waals surface area contributed by atoms with E-state index in [2.05, 4.69) is 32.0 Å². The molecule has 0 bridgehead atoms. The third-order valence-corrected chi connectivity index (χ3v) is 6.80. The second-order valence-corrected chi connectivity index (χ2v) is 10.3. The highest BCUT2D eigenvalue weighted by molar-refractivity contribution is 7.78. The largest absolute Gasteiger partial charge is 0.503 e. The molecule has 8 nitrogen and oxygen atoms in total. The van der Waals surface area contributed by atoms with Crippen LogP contribution in [0.2, 0.25) is 0 Å². The Morgan fingerprint density at radius 1 is 1.08 bits per heavy atom. The Bertz CT molecular complexity index is 960. The minimum Gasteiger partial charge on any atom is -0.503 e. The quantitative estimate of drug-likeness (QED) is 0.496. The molecular weight excluding hydrogens is 500 g/mol. The Morgan fingerprint density at radius 2 is 1.59 bits per heavy atom. The molecule has 0 spiro atoms. The summed E-state index contributed by atoms with van der Waals surface area (Å²) in [5.41, 5.74) is 1.78. The van der Waals surface area contributed by atoms with E-state index in [4.69, 9.17) is 13.9 Å². The van der Waals surface area contributed by atoms with Gasteiger partial charge in [0.15, 0.2) is 17.4 Å². The maximum absolute atomic E-state index is 13.1. The topological polar surface area (TPSA) is 102 Å². The molecule has 3 N–H and O–H groups in total. The Balaban J connectivity index is 0.000000319. The van der Waals surface area contributed by atoms with Crippen molar-refractivity contribution in [3.63, 3.8) is 0 Å². The van der Waals surface area contributed by atoms with Gasteiger partial charge in [0.1, 0.15) is 11.1 Å². The fourth-order valence-electron chi connectivity index (χ4n) is 4.93. The summed E-state index contributed by atoms with van der Waals surface area (Å²) in [5.74, 6) is 0.0647. The number of fused-ring (bicyclic) bond motifs is 1. The van der Waals surface area contributed by atoms with Crippen molar-refractivity contribution < 1.29 is 24.1 Å². The minimum absolute atomic E-state index is 0. The lowest BCUT2D eigenvalue weighted by molar-refractivity contribution is 0.232. The number of benzene rings is 1. The van der Waals surface area contributed by atoms with Crippen LogP contribution in [0.4, 0.5) is 14.7 Å². The third-order valence-electron chi connectivity index (χ3n) is 6.80. The zero-order valence-corrected chi connectivity index (χ0v) is 21.8. The van der Waals surface area contributed by atoms with Gasteiger partial charge >= 0.3 is 0 Å². The lowest BCUT2D eigenvalue weighted by Crippen LogP contribution is -2.42. The molecule has 37 heavy (non-hydrogen) atoms. The summed E-state index contributed by atoms with van der Waals surface area (Å²) in [6.45, 7) is 8.51. The van der Waals surface area contributed by atoms with Crippen LogP contribution in [0, 0.1) is 23.5 Å². The summed E-state index contributed by atoms with van der Waals surface area (Å²) in [6.07, 6.45) is 10.4. The van der Waals surface area contributed by atoms with Gasteiger partial charge in [-0.1, -0.05) is 20.8 Å². The van der Waals surface area contributed by atoms with Gasteiger partial charge < -0.3 is 19.9 Å². The molecule has 0 radical (unpaired) electrons. The van der Waals surface area contributed by atoms with E-state index < -0.39 is 28.5 Å².